The van der Waals surface area contributed by atoms with Crippen molar-refractivity contribution in [1.29, 1.82) is 0 Å². The van der Waals surface area contributed by atoms with Gasteiger partial charge in [-0.05, 0) is 89.5 Å². The van der Waals surface area contributed by atoms with Crippen LogP contribution in [0, 0.1) is 0 Å². The van der Waals surface area contributed by atoms with E-state index in [1.165, 1.54) is 87.6 Å². The van der Waals surface area contributed by atoms with E-state index in [0.717, 1.165) is 11.2 Å². The van der Waals surface area contributed by atoms with Crippen molar-refractivity contribution in [1.82, 2.24) is 0 Å². The van der Waals surface area contributed by atoms with E-state index < -0.39 is 0 Å². The Labute approximate surface area is 267 Å². The van der Waals surface area contributed by atoms with Gasteiger partial charge < -0.3 is 4.42 Å². The maximum absolute atomic E-state index is 6.76. The van der Waals surface area contributed by atoms with Crippen molar-refractivity contribution in [2.75, 3.05) is 0 Å². The second kappa shape index (κ2) is 9.19. The van der Waals surface area contributed by atoms with E-state index >= 15 is 0 Å². The lowest BCUT2D eigenvalue weighted by Crippen LogP contribution is -2.15. The van der Waals surface area contributed by atoms with Gasteiger partial charge in [-0.2, -0.15) is 0 Å². The smallest absolute Gasteiger partial charge is 0.140 e. The minimum absolute atomic E-state index is 0.237. The molecule has 1 aliphatic rings. The Kier molecular flexibility index (Phi) is 5.12. The van der Waals surface area contributed by atoms with E-state index in [4.69, 9.17) is 4.42 Å². The number of hydrogen-bond acceptors (Lipinski definition) is 1. The molecule has 10 rings (SSSR count). The molecule has 0 atom stereocenters. The normalized spacial score (nSPS) is 13.6. The Morgan fingerprint density at radius 3 is 1.74 bits per heavy atom. The lowest BCUT2D eigenvalue weighted by molar-refractivity contribution is 0.620. The largest absolute Gasteiger partial charge is 0.456 e. The number of hydrogen-bond donors (Lipinski definition) is 0. The maximum Gasteiger partial charge on any atom is 0.140 e. The van der Waals surface area contributed by atoms with Crippen molar-refractivity contribution in [3.63, 3.8) is 0 Å². The first-order valence-corrected chi connectivity index (χ1v) is 16.1. The van der Waals surface area contributed by atoms with E-state index in [9.17, 15) is 0 Å². The van der Waals surface area contributed by atoms with Gasteiger partial charge in [0.25, 0.3) is 0 Å². The summed E-state index contributed by atoms with van der Waals surface area (Å²) in [5.74, 6) is 0. The van der Waals surface area contributed by atoms with Gasteiger partial charge in [-0.15, -0.1) is 0 Å². The standard InChI is InChI=1S/C45H30O/c1-45(2)38-26-29(41-34-18-10-8-16-32(34)40(28-13-4-3-5-14-28)33-17-9-11-19-35(33)41)20-22-31(38)36-23-24-37-42-30-15-7-6-12-27(30)21-25-39(42)46-44(37)43(36)45/h3-26H,1-2H3. The summed E-state index contributed by atoms with van der Waals surface area (Å²) < 4.78 is 6.76. The van der Waals surface area contributed by atoms with Crippen molar-refractivity contribution in [2.24, 2.45) is 0 Å². The van der Waals surface area contributed by atoms with Gasteiger partial charge in [0.15, 0.2) is 0 Å². The predicted molar refractivity (Wildman–Crippen MR) is 195 cm³/mol. The Morgan fingerprint density at radius 2 is 1.04 bits per heavy atom. The van der Waals surface area contributed by atoms with Gasteiger partial charge in [-0.1, -0.05) is 141 Å². The summed E-state index contributed by atoms with van der Waals surface area (Å²) in [7, 11) is 0. The van der Waals surface area contributed by atoms with Crippen LogP contribution >= 0.6 is 0 Å². The van der Waals surface area contributed by atoms with E-state index in [2.05, 4.69) is 159 Å². The highest BCUT2D eigenvalue weighted by Gasteiger charge is 2.39. The summed E-state index contributed by atoms with van der Waals surface area (Å²) in [6, 6.07) is 53.3. The number of benzene rings is 8. The lowest BCUT2D eigenvalue weighted by atomic mass is 9.80. The molecule has 0 N–H and O–H groups in total. The summed E-state index contributed by atoms with van der Waals surface area (Å²) in [6.45, 7) is 4.72. The van der Waals surface area contributed by atoms with Gasteiger partial charge >= 0.3 is 0 Å². The third-order valence-corrected chi connectivity index (χ3v) is 10.4. The van der Waals surface area contributed by atoms with Gasteiger partial charge in [-0.3, -0.25) is 0 Å². The molecule has 0 aliphatic heterocycles. The van der Waals surface area contributed by atoms with E-state index in [1.54, 1.807) is 0 Å². The Bertz CT molecular complexity index is 2650. The second-order valence-electron chi connectivity index (χ2n) is 13.2. The second-order valence-corrected chi connectivity index (χ2v) is 13.2. The molecule has 1 aromatic heterocycles. The first-order chi connectivity index (χ1) is 22.6. The lowest BCUT2D eigenvalue weighted by Gasteiger charge is -2.23. The first-order valence-electron chi connectivity index (χ1n) is 16.1. The highest BCUT2D eigenvalue weighted by atomic mass is 16.3. The zero-order chi connectivity index (χ0) is 30.6. The van der Waals surface area contributed by atoms with E-state index in [0.29, 0.717) is 0 Å². The maximum atomic E-state index is 6.76. The molecule has 0 radical (unpaired) electrons. The summed E-state index contributed by atoms with van der Waals surface area (Å²) in [4.78, 5) is 0. The van der Waals surface area contributed by atoms with Gasteiger partial charge in [0.1, 0.15) is 11.2 Å². The molecule has 0 saturated heterocycles. The molecule has 0 bridgehead atoms. The molecule has 1 heteroatoms. The van der Waals surface area contributed by atoms with Crippen molar-refractivity contribution < 1.29 is 4.42 Å². The molecular formula is C45H30O. The quantitative estimate of drug-likeness (QED) is 0.184. The number of fused-ring (bicyclic) bond motifs is 11. The third-order valence-electron chi connectivity index (χ3n) is 10.4. The number of furan rings is 1. The molecular weight excluding hydrogens is 556 g/mol. The van der Waals surface area contributed by atoms with Crippen LogP contribution < -0.4 is 0 Å². The monoisotopic (exact) mass is 586 g/mol. The van der Waals surface area contributed by atoms with Crippen molar-refractivity contribution in [2.45, 2.75) is 19.3 Å². The Morgan fingerprint density at radius 1 is 0.457 bits per heavy atom. The van der Waals surface area contributed by atoms with Crippen LogP contribution in [-0.4, -0.2) is 0 Å². The molecule has 1 aliphatic carbocycles. The van der Waals surface area contributed by atoms with Crippen LogP contribution in [0.4, 0.5) is 0 Å². The molecule has 8 aromatic carbocycles. The fraction of sp³-hybridized carbons (Fsp3) is 0.0667. The molecule has 0 fully saturated rings. The van der Waals surface area contributed by atoms with E-state index in [1.807, 2.05) is 0 Å². The van der Waals surface area contributed by atoms with Crippen LogP contribution in [0.2, 0.25) is 0 Å². The molecule has 1 nitrogen and oxygen atoms in total. The first kappa shape index (κ1) is 25.6. The summed E-state index contributed by atoms with van der Waals surface area (Å²) in [6.07, 6.45) is 0. The van der Waals surface area contributed by atoms with Gasteiger partial charge in [0.2, 0.25) is 0 Å². The molecule has 9 aromatic rings. The zero-order valence-electron chi connectivity index (χ0n) is 25.8. The van der Waals surface area contributed by atoms with Crippen LogP contribution in [0.5, 0.6) is 0 Å². The fourth-order valence-corrected chi connectivity index (χ4v) is 8.40. The summed E-state index contributed by atoms with van der Waals surface area (Å²) in [5, 5.41) is 10.00. The van der Waals surface area contributed by atoms with E-state index in [-0.39, 0.29) is 5.41 Å². The summed E-state index contributed by atoms with van der Waals surface area (Å²) >= 11 is 0. The third kappa shape index (κ3) is 3.35. The molecule has 0 amide bonds. The zero-order valence-corrected chi connectivity index (χ0v) is 25.8. The number of rotatable bonds is 2. The van der Waals surface area contributed by atoms with Crippen LogP contribution in [0.25, 0.3) is 87.6 Å². The molecule has 46 heavy (non-hydrogen) atoms. The Balaban J connectivity index is 1.23. The predicted octanol–water partition coefficient (Wildman–Crippen LogP) is 12.7. The van der Waals surface area contributed by atoms with Crippen LogP contribution in [0.15, 0.2) is 150 Å². The van der Waals surface area contributed by atoms with Crippen molar-refractivity contribution in [3.8, 4) is 33.4 Å². The van der Waals surface area contributed by atoms with Gasteiger partial charge in [0, 0.05) is 21.8 Å². The molecule has 0 spiro atoms. The van der Waals surface area contributed by atoms with Crippen LogP contribution in [0.3, 0.4) is 0 Å². The highest BCUT2D eigenvalue weighted by Crippen LogP contribution is 2.54. The average molecular weight is 587 g/mol. The minimum Gasteiger partial charge on any atom is -0.456 e. The molecule has 0 saturated carbocycles. The fourth-order valence-electron chi connectivity index (χ4n) is 8.40. The van der Waals surface area contributed by atoms with Crippen molar-refractivity contribution >= 4 is 54.3 Å². The van der Waals surface area contributed by atoms with Crippen molar-refractivity contribution in [3.05, 3.63) is 157 Å². The summed E-state index contributed by atoms with van der Waals surface area (Å²) in [5.41, 5.74) is 12.0. The minimum atomic E-state index is -0.237. The average Bonchev–Trinajstić information content (AvgIpc) is 3.59. The van der Waals surface area contributed by atoms with Crippen LogP contribution in [-0.2, 0) is 5.41 Å². The molecule has 0 unspecified atom stereocenters. The molecule has 1 heterocycles. The topological polar surface area (TPSA) is 13.1 Å². The van der Waals surface area contributed by atoms with Gasteiger partial charge in [0.05, 0.1) is 0 Å². The SMILES string of the molecule is CC1(C)c2cc(-c3c4ccccc4c(-c4ccccc4)c4ccccc34)ccc2-c2ccc3c(oc4ccc5ccccc5c43)c21. The highest BCUT2D eigenvalue weighted by molar-refractivity contribution is 6.22. The van der Waals surface area contributed by atoms with Gasteiger partial charge in [-0.25, -0.2) is 0 Å². The Hall–Kier alpha value is -5.66. The molecule has 216 valence electrons. The van der Waals surface area contributed by atoms with Crippen LogP contribution in [0.1, 0.15) is 25.0 Å².